The molecule has 0 aromatic heterocycles. The molecule has 7 heteroatoms. The van der Waals surface area contributed by atoms with Gasteiger partial charge in [-0.1, -0.05) is 12.1 Å². The van der Waals surface area contributed by atoms with Gasteiger partial charge in [-0.3, -0.25) is 19.7 Å². The van der Waals surface area contributed by atoms with Gasteiger partial charge in [-0.25, -0.2) is 0 Å². The minimum Gasteiger partial charge on any atom is -0.390 e. The largest absolute Gasteiger partial charge is 0.390 e. The topological polar surface area (TPSA) is 86.7 Å². The number of carbonyl (C=O) groups excluding carboxylic acids is 3. The fraction of sp³-hybridized carbons (Fsp3) is 0.526. The number of piperidine rings is 1. The third-order valence-corrected chi connectivity index (χ3v) is 6.89. The number of imide groups is 1. The summed E-state index contributed by atoms with van der Waals surface area (Å²) in [5.74, 6) is -0.305. The molecule has 2 aliphatic heterocycles. The lowest BCUT2D eigenvalue weighted by molar-refractivity contribution is -0.124. The third kappa shape index (κ3) is 3.38. The molecule has 1 unspecified atom stereocenters. The Balaban J connectivity index is 1.45. The van der Waals surface area contributed by atoms with Gasteiger partial charge in [0.1, 0.15) is 0 Å². The molecule has 1 aliphatic carbocycles. The average Bonchev–Trinajstić information content (AvgIpc) is 3.31. The van der Waals surface area contributed by atoms with Crippen molar-refractivity contribution in [2.75, 3.05) is 13.1 Å². The van der Waals surface area contributed by atoms with Crippen LogP contribution in [0.3, 0.4) is 0 Å². The van der Waals surface area contributed by atoms with Crippen LogP contribution in [0.1, 0.15) is 42.5 Å². The number of nitrogens with one attached hydrogen (secondary N) is 1. The van der Waals surface area contributed by atoms with Crippen molar-refractivity contribution in [1.82, 2.24) is 10.2 Å². The van der Waals surface area contributed by atoms with E-state index in [1.165, 1.54) is 11.8 Å². The first kappa shape index (κ1) is 17.5. The highest BCUT2D eigenvalue weighted by Gasteiger charge is 2.48. The van der Waals surface area contributed by atoms with Crippen molar-refractivity contribution in [2.24, 2.45) is 5.92 Å². The zero-order valence-electron chi connectivity index (χ0n) is 14.4. The maximum atomic E-state index is 13.0. The molecule has 1 aromatic carbocycles. The molecule has 3 amide bonds. The molecule has 138 valence electrons. The normalized spacial score (nSPS) is 25.3. The first-order chi connectivity index (χ1) is 12.5. The van der Waals surface area contributed by atoms with Gasteiger partial charge in [0.05, 0.1) is 16.4 Å². The number of aliphatic hydroxyl groups is 1. The quantitative estimate of drug-likeness (QED) is 0.782. The molecule has 2 saturated heterocycles. The molecule has 2 heterocycles. The van der Waals surface area contributed by atoms with Gasteiger partial charge in [0, 0.05) is 24.4 Å². The second kappa shape index (κ2) is 6.70. The van der Waals surface area contributed by atoms with E-state index in [0.717, 1.165) is 30.6 Å². The highest BCUT2D eigenvalue weighted by Crippen LogP contribution is 2.46. The minimum atomic E-state index is -0.481. The molecule has 4 rings (SSSR count). The number of thioether (sulfide) groups is 1. The van der Waals surface area contributed by atoms with Crippen molar-refractivity contribution in [1.29, 1.82) is 0 Å². The van der Waals surface area contributed by atoms with Gasteiger partial charge in [-0.15, -0.1) is 11.8 Å². The Hall–Kier alpha value is -1.86. The van der Waals surface area contributed by atoms with Crippen LogP contribution in [0.15, 0.2) is 29.2 Å². The van der Waals surface area contributed by atoms with Crippen LogP contribution in [-0.2, 0) is 9.59 Å². The molecule has 6 nitrogen and oxygen atoms in total. The van der Waals surface area contributed by atoms with Gasteiger partial charge < -0.3 is 10.0 Å². The molecule has 26 heavy (non-hydrogen) atoms. The van der Waals surface area contributed by atoms with Crippen LogP contribution in [0.2, 0.25) is 0 Å². The maximum Gasteiger partial charge on any atom is 0.254 e. The van der Waals surface area contributed by atoms with Crippen LogP contribution in [0.25, 0.3) is 0 Å². The predicted octanol–water partition coefficient (Wildman–Crippen LogP) is 1.57. The zero-order valence-corrected chi connectivity index (χ0v) is 15.3. The summed E-state index contributed by atoms with van der Waals surface area (Å²) in [4.78, 5) is 38.8. The summed E-state index contributed by atoms with van der Waals surface area (Å²) in [6.07, 6.45) is 3.57. The molecular formula is C19H22N2O4S. The number of amides is 3. The smallest absolute Gasteiger partial charge is 0.254 e. The summed E-state index contributed by atoms with van der Waals surface area (Å²) in [5.41, 5.74) is 0.0962. The van der Waals surface area contributed by atoms with Crippen LogP contribution < -0.4 is 5.32 Å². The van der Waals surface area contributed by atoms with Gasteiger partial charge >= 0.3 is 0 Å². The number of hydrogen-bond acceptors (Lipinski definition) is 5. The third-order valence-electron chi connectivity index (χ3n) is 5.62. The van der Waals surface area contributed by atoms with Gasteiger partial charge in [-0.2, -0.15) is 0 Å². The van der Waals surface area contributed by atoms with Gasteiger partial charge in [0.15, 0.2) is 0 Å². The van der Waals surface area contributed by atoms with E-state index in [1.807, 2.05) is 23.1 Å². The highest BCUT2D eigenvalue weighted by molar-refractivity contribution is 8.00. The molecule has 0 radical (unpaired) electrons. The number of nitrogens with zero attached hydrogens (tertiary/aromatic N) is 1. The van der Waals surface area contributed by atoms with Crippen molar-refractivity contribution in [2.45, 2.75) is 47.9 Å². The minimum absolute atomic E-state index is 0.0425. The lowest BCUT2D eigenvalue weighted by Crippen LogP contribution is -2.42. The van der Waals surface area contributed by atoms with Crippen LogP contribution in [-0.4, -0.2) is 51.7 Å². The van der Waals surface area contributed by atoms with Gasteiger partial charge in [0.2, 0.25) is 11.8 Å². The summed E-state index contributed by atoms with van der Waals surface area (Å²) >= 11 is 1.28. The Kier molecular flexibility index (Phi) is 4.52. The molecule has 1 aromatic rings. The van der Waals surface area contributed by atoms with Crippen molar-refractivity contribution >= 4 is 29.5 Å². The van der Waals surface area contributed by atoms with E-state index in [-0.39, 0.29) is 24.1 Å². The number of likely N-dealkylation sites (tertiary alicyclic amines) is 1. The van der Waals surface area contributed by atoms with E-state index in [0.29, 0.717) is 24.6 Å². The highest BCUT2D eigenvalue weighted by atomic mass is 32.2. The number of carbonyl (C=O) groups is 3. The van der Waals surface area contributed by atoms with Gasteiger partial charge in [0.25, 0.3) is 5.91 Å². The number of hydrogen-bond donors (Lipinski definition) is 2. The van der Waals surface area contributed by atoms with Crippen molar-refractivity contribution in [3.05, 3.63) is 29.8 Å². The molecule has 3 fully saturated rings. The van der Waals surface area contributed by atoms with Crippen molar-refractivity contribution < 1.29 is 19.5 Å². The van der Waals surface area contributed by atoms with Crippen LogP contribution in [0, 0.1) is 5.92 Å². The summed E-state index contributed by atoms with van der Waals surface area (Å²) in [6.45, 7) is 1.29. The molecular weight excluding hydrogens is 352 g/mol. The lowest BCUT2D eigenvalue weighted by Gasteiger charge is -2.34. The fourth-order valence-corrected chi connectivity index (χ4v) is 5.00. The Morgan fingerprint density at radius 3 is 2.50 bits per heavy atom. The monoisotopic (exact) mass is 374 g/mol. The van der Waals surface area contributed by atoms with E-state index >= 15 is 0 Å². The first-order valence-corrected chi connectivity index (χ1v) is 9.95. The van der Waals surface area contributed by atoms with Crippen LogP contribution in [0.5, 0.6) is 0 Å². The second-order valence-corrected chi connectivity index (χ2v) is 8.63. The number of rotatable bonds is 4. The molecule has 1 saturated carbocycles. The summed E-state index contributed by atoms with van der Waals surface area (Å²) in [7, 11) is 0. The Morgan fingerprint density at radius 2 is 1.88 bits per heavy atom. The fourth-order valence-electron chi connectivity index (χ4n) is 3.85. The molecule has 1 atom stereocenters. The van der Waals surface area contributed by atoms with Crippen LogP contribution >= 0.6 is 11.8 Å². The standard InChI is InChI=1S/C19H22N2O4S/c22-16-11-15(17(23)20-16)26-14-4-2-1-3-13(14)18(24)21-9-5-12(6-10-21)19(25)7-8-19/h1-4,12,15,25H,5-11H2,(H,20,22,23). The average molecular weight is 374 g/mol. The van der Waals surface area contributed by atoms with Crippen molar-refractivity contribution in [3.8, 4) is 0 Å². The lowest BCUT2D eigenvalue weighted by atomic mass is 9.89. The zero-order chi connectivity index (χ0) is 18.3. The second-order valence-electron chi connectivity index (χ2n) is 7.39. The maximum absolute atomic E-state index is 13.0. The molecule has 0 spiro atoms. The van der Waals surface area contributed by atoms with Crippen LogP contribution in [0.4, 0.5) is 0 Å². The number of benzene rings is 1. The Morgan fingerprint density at radius 1 is 1.19 bits per heavy atom. The Bertz CT molecular complexity index is 754. The summed E-state index contributed by atoms with van der Waals surface area (Å²) in [6, 6.07) is 7.26. The summed E-state index contributed by atoms with van der Waals surface area (Å²) in [5, 5.41) is 12.1. The van der Waals surface area contributed by atoms with Crippen molar-refractivity contribution in [3.63, 3.8) is 0 Å². The van der Waals surface area contributed by atoms with Gasteiger partial charge in [-0.05, 0) is 43.7 Å². The van der Waals surface area contributed by atoms with E-state index in [9.17, 15) is 19.5 Å². The van der Waals surface area contributed by atoms with E-state index in [2.05, 4.69) is 5.32 Å². The predicted molar refractivity (Wildman–Crippen MR) is 96.7 cm³/mol. The molecule has 3 aliphatic rings. The van der Waals surface area contributed by atoms with E-state index in [4.69, 9.17) is 0 Å². The SMILES string of the molecule is O=C1CC(Sc2ccccc2C(=O)N2CCC(C3(O)CC3)CC2)C(=O)N1. The summed E-state index contributed by atoms with van der Waals surface area (Å²) < 4.78 is 0. The van der Waals surface area contributed by atoms with E-state index < -0.39 is 10.9 Å². The first-order valence-electron chi connectivity index (χ1n) is 9.07. The molecule has 0 bridgehead atoms. The van der Waals surface area contributed by atoms with E-state index in [1.54, 1.807) is 6.07 Å². The Labute approximate surface area is 156 Å². The molecule has 2 N–H and O–H groups in total.